The van der Waals surface area contributed by atoms with Gasteiger partial charge in [0.1, 0.15) is 24.3 Å². The summed E-state index contributed by atoms with van der Waals surface area (Å²) in [4.78, 5) is 11.2. The van der Waals surface area contributed by atoms with Crippen LogP contribution in [0.4, 0.5) is 4.39 Å². The summed E-state index contributed by atoms with van der Waals surface area (Å²) in [5.74, 6) is -0.646. The highest BCUT2D eigenvalue weighted by Crippen LogP contribution is 2.22. The molecular formula is C12H15FO4. The van der Waals surface area contributed by atoms with Crippen molar-refractivity contribution in [2.45, 2.75) is 13.0 Å². The van der Waals surface area contributed by atoms with Crippen LogP contribution in [0.2, 0.25) is 0 Å². The lowest BCUT2D eigenvalue weighted by molar-refractivity contribution is -0.113. The summed E-state index contributed by atoms with van der Waals surface area (Å²) in [7, 11) is 1.43. The number of methoxy groups -OCH3 is 1. The van der Waals surface area contributed by atoms with Gasteiger partial charge in [0.05, 0.1) is 12.2 Å². The summed E-state index contributed by atoms with van der Waals surface area (Å²) in [5.41, 5.74) is -0.0318. The van der Waals surface area contributed by atoms with Gasteiger partial charge in [-0.3, -0.25) is 4.79 Å². The summed E-state index contributed by atoms with van der Waals surface area (Å²) in [6, 6.07) is 0. The van der Waals surface area contributed by atoms with Crippen LogP contribution in [0.3, 0.4) is 0 Å². The van der Waals surface area contributed by atoms with Crippen molar-refractivity contribution < 1.29 is 23.8 Å². The Bertz CT molecular complexity index is 382. The van der Waals surface area contributed by atoms with E-state index in [1.54, 1.807) is 0 Å². The van der Waals surface area contributed by atoms with E-state index < -0.39 is 11.9 Å². The Balaban J connectivity index is 2.99. The molecule has 5 heteroatoms. The average molecular weight is 242 g/mol. The third-order valence-electron chi connectivity index (χ3n) is 2.24. The number of ketones is 1. The van der Waals surface area contributed by atoms with Crippen LogP contribution in [-0.4, -0.2) is 37.3 Å². The van der Waals surface area contributed by atoms with Crippen LogP contribution in [0.25, 0.3) is 0 Å². The van der Waals surface area contributed by atoms with E-state index in [0.717, 1.165) is 6.08 Å². The standard InChI is InChI=1S/C12H15FO4/c1-8(15)9-7-12(16-2)11(17-6-5-14)4-3-10(9)13/h3-4,7,12,14H,5-6H2,1-2H3. The van der Waals surface area contributed by atoms with Gasteiger partial charge in [-0.15, -0.1) is 0 Å². The molecule has 1 N–H and O–H groups in total. The molecule has 1 unspecified atom stereocenters. The Labute approximate surface area is 99.0 Å². The summed E-state index contributed by atoms with van der Waals surface area (Å²) in [6.07, 6.45) is 3.28. The van der Waals surface area contributed by atoms with Crippen LogP contribution in [0.5, 0.6) is 0 Å². The average Bonchev–Trinajstić information content (AvgIpc) is 2.46. The van der Waals surface area contributed by atoms with Crippen molar-refractivity contribution in [1.82, 2.24) is 0 Å². The number of aliphatic hydroxyl groups is 1. The quantitative estimate of drug-likeness (QED) is 0.789. The van der Waals surface area contributed by atoms with E-state index in [4.69, 9.17) is 14.6 Å². The van der Waals surface area contributed by atoms with Crippen molar-refractivity contribution in [2.24, 2.45) is 0 Å². The van der Waals surface area contributed by atoms with Crippen molar-refractivity contribution in [3.63, 3.8) is 0 Å². The molecule has 0 heterocycles. The lowest BCUT2D eigenvalue weighted by Crippen LogP contribution is -2.16. The van der Waals surface area contributed by atoms with Crippen molar-refractivity contribution >= 4 is 5.78 Å². The summed E-state index contributed by atoms with van der Waals surface area (Å²) in [6.45, 7) is 1.22. The van der Waals surface area contributed by atoms with Crippen LogP contribution in [0, 0.1) is 0 Å². The van der Waals surface area contributed by atoms with E-state index in [0.29, 0.717) is 5.76 Å². The van der Waals surface area contributed by atoms with Gasteiger partial charge in [0.2, 0.25) is 0 Å². The van der Waals surface area contributed by atoms with Gasteiger partial charge < -0.3 is 14.6 Å². The molecule has 0 fully saturated rings. The van der Waals surface area contributed by atoms with Gasteiger partial charge in [0.25, 0.3) is 0 Å². The number of Topliss-reactive ketones (excluding diaryl/α,β-unsaturated/α-hetero) is 1. The fourth-order valence-corrected chi connectivity index (χ4v) is 1.42. The number of hydrogen-bond acceptors (Lipinski definition) is 4. The van der Waals surface area contributed by atoms with E-state index in [1.807, 2.05) is 0 Å². The minimum Gasteiger partial charge on any atom is -0.492 e. The second kappa shape index (κ2) is 6.32. The van der Waals surface area contributed by atoms with E-state index in [2.05, 4.69) is 0 Å². The summed E-state index contributed by atoms with van der Waals surface area (Å²) < 4.78 is 23.8. The monoisotopic (exact) mass is 242 g/mol. The fraction of sp³-hybridized carbons (Fsp3) is 0.417. The Morgan fingerprint density at radius 1 is 1.53 bits per heavy atom. The number of hydrogen-bond donors (Lipinski definition) is 1. The van der Waals surface area contributed by atoms with Gasteiger partial charge in [0.15, 0.2) is 5.78 Å². The number of ether oxygens (including phenoxy) is 2. The minimum atomic E-state index is -0.634. The van der Waals surface area contributed by atoms with Crippen molar-refractivity contribution in [1.29, 1.82) is 0 Å². The molecule has 94 valence electrons. The largest absolute Gasteiger partial charge is 0.492 e. The first-order valence-electron chi connectivity index (χ1n) is 5.17. The molecule has 0 aromatic rings. The van der Waals surface area contributed by atoms with E-state index in [9.17, 15) is 9.18 Å². The molecule has 1 rings (SSSR count). The molecule has 0 saturated carbocycles. The van der Waals surface area contributed by atoms with E-state index >= 15 is 0 Å². The zero-order valence-corrected chi connectivity index (χ0v) is 9.77. The van der Waals surface area contributed by atoms with Crippen LogP contribution in [0.1, 0.15) is 6.92 Å². The minimum absolute atomic E-state index is 0.0318. The number of allylic oxidation sites excluding steroid dienone is 4. The number of aliphatic hydroxyl groups excluding tert-OH is 1. The molecule has 0 aromatic heterocycles. The summed E-state index contributed by atoms with van der Waals surface area (Å²) >= 11 is 0. The van der Waals surface area contributed by atoms with Gasteiger partial charge in [-0.25, -0.2) is 4.39 Å². The normalized spacial score (nSPS) is 20.0. The molecule has 1 atom stereocenters. The van der Waals surface area contributed by atoms with Crippen molar-refractivity contribution in [2.75, 3.05) is 20.3 Å². The SMILES string of the molecule is COC1C=C(C(C)=O)C(F)=CC=C1OCCO. The zero-order chi connectivity index (χ0) is 12.8. The smallest absolute Gasteiger partial charge is 0.162 e. The van der Waals surface area contributed by atoms with Gasteiger partial charge in [0, 0.05) is 7.11 Å². The maximum absolute atomic E-state index is 13.5. The lowest BCUT2D eigenvalue weighted by atomic mass is 10.1. The predicted molar refractivity (Wildman–Crippen MR) is 59.9 cm³/mol. The molecule has 0 spiro atoms. The topological polar surface area (TPSA) is 55.8 Å². The second-order valence-corrected chi connectivity index (χ2v) is 3.45. The van der Waals surface area contributed by atoms with Gasteiger partial charge in [-0.05, 0) is 25.2 Å². The lowest BCUT2D eigenvalue weighted by Gasteiger charge is -2.15. The Hall–Kier alpha value is -1.46. The maximum atomic E-state index is 13.5. The molecule has 0 saturated heterocycles. The van der Waals surface area contributed by atoms with Crippen LogP contribution < -0.4 is 0 Å². The fourth-order valence-electron chi connectivity index (χ4n) is 1.42. The Morgan fingerprint density at radius 3 is 2.76 bits per heavy atom. The third kappa shape index (κ3) is 3.51. The molecule has 4 nitrogen and oxygen atoms in total. The molecule has 0 aliphatic heterocycles. The highest BCUT2D eigenvalue weighted by atomic mass is 19.1. The highest BCUT2D eigenvalue weighted by Gasteiger charge is 2.20. The maximum Gasteiger partial charge on any atom is 0.162 e. The number of carbonyl (C=O) groups excluding carboxylic acids is 1. The molecule has 1 aliphatic rings. The Morgan fingerprint density at radius 2 is 2.24 bits per heavy atom. The first-order valence-corrected chi connectivity index (χ1v) is 5.17. The molecule has 1 aliphatic carbocycles. The molecule has 0 radical (unpaired) electrons. The molecule has 0 bridgehead atoms. The van der Waals surface area contributed by atoms with Crippen LogP contribution in [-0.2, 0) is 14.3 Å². The second-order valence-electron chi connectivity index (χ2n) is 3.45. The number of halogens is 1. The molecule has 0 aromatic carbocycles. The first kappa shape index (κ1) is 13.6. The summed E-state index contributed by atoms with van der Waals surface area (Å²) in [5, 5.41) is 8.67. The third-order valence-corrected chi connectivity index (χ3v) is 2.24. The van der Waals surface area contributed by atoms with Crippen molar-refractivity contribution in [3.8, 4) is 0 Å². The van der Waals surface area contributed by atoms with E-state index in [1.165, 1.54) is 26.2 Å². The number of carbonyl (C=O) groups is 1. The van der Waals surface area contributed by atoms with Gasteiger partial charge in [-0.1, -0.05) is 0 Å². The molecular weight excluding hydrogens is 227 g/mol. The van der Waals surface area contributed by atoms with Crippen LogP contribution >= 0.6 is 0 Å². The zero-order valence-electron chi connectivity index (χ0n) is 9.77. The Kier molecular flexibility index (Phi) is 5.06. The van der Waals surface area contributed by atoms with E-state index in [-0.39, 0.29) is 24.6 Å². The number of rotatable bonds is 5. The van der Waals surface area contributed by atoms with Gasteiger partial charge in [-0.2, -0.15) is 0 Å². The van der Waals surface area contributed by atoms with Crippen LogP contribution in [0.15, 0.2) is 35.4 Å². The molecule has 0 amide bonds. The van der Waals surface area contributed by atoms with Crippen molar-refractivity contribution in [3.05, 3.63) is 35.4 Å². The van der Waals surface area contributed by atoms with Gasteiger partial charge >= 0.3 is 0 Å². The molecule has 17 heavy (non-hydrogen) atoms. The highest BCUT2D eigenvalue weighted by molar-refractivity contribution is 5.97. The first-order chi connectivity index (χ1) is 8.10. The predicted octanol–water partition coefficient (Wildman–Crippen LogP) is 1.28.